The van der Waals surface area contributed by atoms with Crippen molar-refractivity contribution in [1.82, 2.24) is 10.3 Å². The maximum atomic E-state index is 13.4. The van der Waals surface area contributed by atoms with Crippen LogP contribution in [0.5, 0.6) is 0 Å². The molecular formula is C15H14F2N4O3. The third-order valence-electron chi connectivity index (χ3n) is 3.15. The van der Waals surface area contributed by atoms with Gasteiger partial charge in [0.2, 0.25) is 0 Å². The Kier molecular flexibility index (Phi) is 5.35. The van der Waals surface area contributed by atoms with Gasteiger partial charge in [0.1, 0.15) is 23.6 Å². The molecule has 1 aromatic heterocycles. The van der Waals surface area contributed by atoms with E-state index in [0.717, 1.165) is 18.3 Å². The number of nitro groups is 1. The van der Waals surface area contributed by atoms with Crippen LogP contribution in [0.4, 0.5) is 20.3 Å². The number of amides is 1. The Hall–Kier alpha value is -3.10. The van der Waals surface area contributed by atoms with Crippen molar-refractivity contribution < 1.29 is 18.5 Å². The lowest BCUT2D eigenvalue weighted by atomic mass is 10.2. The Bertz CT molecular complexity index is 783. The van der Waals surface area contributed by atoms with E-state index in [9.17, 15) is 23.7 Å². The van der Waals surface area contributed by atoms with E-state index in [2.05, 4.69) is 15.6 Å². The quantitative estimate of drug-likeness (QED) is 0.480. The summed E-state index contributed by atoms with van der Waals surface area (Å²) in [5.41, 5.74) is 0.222. The molecule has 0 saturated heterocycles. The smallest absolute Gasteiger partial charge is 0.287 e. The zero-order chi connectivity index (χ0) is 17.7. The maximum Gasteiger partial charge on any atom is 0.287 e. The third-order valence-corrected chi connectivity index (χ3v) is 3.15. The van der Waals surface area contributed by atoms with Gasteiger partial charge in [-0.25, -0.2) is 13.8 Å². The lowest BCUT2D eigenvalue weighted by molar-refractivity contribution is -0.385. The standard InChI is InChI=1S/C15H14F2N4O3/c1-9-6-11(21(23)24)8-20-14(9)18-4-5-19-15(22)12-3-2-10(16)7-13(12)17/h2-3,6-8H,4-5H2,1H3,(H,18,20)(H,19,22). The zero-order valence-electron chi connectivity index (χ0n) is 12.7. The molecular weight excluding hydrogens is 322 g/mol. The third kappa shape index (κ3) is 4.22. The number of nitrogens with one attached hydrogen (secondary N) is 2. The lowest BCUT2D eigenvalue weighted by Gasteiger charge is -2.09. The fourth-order valence-corrected chi connectivity index (χ4v) is 1.97. The molecule has 0 bridgehead atoms. The van der Waals surface area contributed by atoms with E-state index in [1.165, 1.54) is 6.07 Å². The van der Waals surface area contributed by atoms with Crippen LogP contribution in [0.15, 0.2) is 30.5 Å². The largest absolute Gasteiger partial charge is 0.368 e. The molecule has 1 aromatic carbocycles. The highest BCUT2D eigenvalue weighted by atomic mass is 19.1. The number of halogens is 2. The van der Waals surface area contributed by atoms with Gasteiger partial charge in [0.15, 0.2) is 0 Å². The lowest BCUT2D eigenvalue weighted by Crippen LogP contribution is -2.29. The maximum absolute atomic E-state index is 13.4. The molecule has 1 amide bonds. The molecule has 0 saturated carbocycles. The molecule has 1 heterocycles. The van der Waals surface area contributed by atoms with Crippen molar-refractivity contribution in [2.75, 3.05) is 18.4 Å². The summed E-state index contributed by atoms with van der Waals surface area (Å²) < 4.78 is 26.2. The highest BCUT2D eigenvalue weighted by Crippen LogP contribution is 2.17. The van der Waals surface area contributed by atoms with Crippen molar-refractivity contribution in [3.63, 3.8) is 0 Å². The number of hydrogen-bond acceptors (Lipinski definition) is 5. The molecule has 0 spiro atoms. The number of aryl methyl sites for hydroxylation is 1. The number of nitrogens with zero attached hydrogens (tertiary/aromatic N) is 2. The van der Waals surface area contributed by atoms with Crippen LogP contribution in [0, 0.1) is 28.7 Å². The molecule has 24 heavy (non-hydrogen) atoms. The number of carbonyl (C=O) groups is 1. The molecule has 9 heteroatoms. The Labute approximate surface area is 135 Å². The summed E-state index contributed by atoms with van der Waals surface area (Å²) in [5, 5.41) is 16.0. The van der Waals surface area contributed by atoms with Gasteiger partial charge in [0.05, 0.1) is 10.5 Å². The second-order valence-electron chi connectivity index (χ2n) is 4.92. The van der Waals surface area contributed by atoms with Crippen molar-refractivity contribution in [2.45, 2.75) is 6.92 Å². The van der Waals surface area contributed by atoms with Gasteiger partial charge >= 0.3 is 0 Å². The second kappa shape index (κ2) is 7.44. The van der Waals surface area contributed by atoms with Gasteiger partial charge in [-0.15, -0.1) is 0 Å². The summed E-state index contributed by atoms with van der Waals surface area (Å²) in [4.78, 5) is 25.8. The van der Waals surface area contributed by atoms with E-state index in [0.29, 0.717) is 17.4 Å². The van der Waals surface area contributed by atoms with E-state index in [1.807, 2.05) is 0 Å². The van der Waals surface area contributed by atoms with E-state index in [4.69, 9.17) is 0 Å². The molecule has 0 aliphatic carbocycles. The molecule has 7 nitrogen and oxygen atoms in total. The number of rotatable bonds is 6. The number of aromatic nitrogens is 1. The minimum Gasteiger partial charge on any atom is -0.368 e. The molecule has 0 unspecified atom stereocenters. The van der Waals surface area contributed by atoms with E-state index < -0.39 is 22.5 Å². The van der Waals surface area contributed by atoms with Crippen LogP contribution >= 0.6 is 0 Å². The first-order valence-electron chi connectivity index (χ1n) is 6.96. The molecule has 0 aliphatic rings. The van der Waals surface area contributed by atoms with Crippen molar-refractivity contribution in [1.29, 1.82) is 0 Å². The Morgan fingerprint density at radius 3 is 2.67 bits per heavy atom. The average molecular weight is 336 g/mol. The summed E-state index contributed by atoms with van der Waals surface area (Å²) in [6.07, 6.45) is 1.13. The minimum atomic E-state index is -0.937. The topological polar surface area (TPSA) is 97.2 Å². The van der Waals surface area contributed by atoms with Crippen LogP contribution < -0.4 is 10.6 Å². The average Bonchev–Trinajstić information content (AvgIpc) is 2.52. The fourth-order valence-electron chi connectivity index (χ4n) is 1.97. The second-order valence-corrected chi connectivity index (χ2v) is 4.92. The van der Waals surface area contributed by atoms with Gasteiger partial charge in [-0.3, -0.25) is 14.9 Å². The first kappa shape index (κ1) is 17.3. The van der Waals surface area contributed by atoms with Gasteiger partial charge in [-0.2, -0.15) is 0 Å². The molecule has 0 radical (unpaired) electrons. The Morgan fingerprint density at radius 2 is 2.04 bits per heavy atom. The van der Waals surface area contributed by atoms with Gasteiger partial charge in [-0.05, 0) is 24.6 Å². The summed E-state index contributed by atoms with van der Waals surface area (Å²) in [6, 6.07) is 4.08. The number of hydrogen-bond donors (Lipinski definition) is 2. The van der Waals surface area contributed by atoms with Crippen molar-refractivity contribution in [3.8, 4) is 0 Å². The Morgan fingerprint density at radius 1 is 1.29 bits per heavy atom. The SMILES string of the molecule is Cc1cc([N+](=O)[O-])cnc1NCCNC(=O)c1ccc(F)cc1F. The van der Waals surface area contributed by atoms with Crippen molar-refractivity contribution in [3.05, 3.63) is 63.3 Å². The van der Waals surface area contributed by atoms with Crippen LogP contribution in [0.2, 0.25) is 0 Å². The minimum absolute atomic E-state index is 0.113. The molecule has 0 aliphatic heterocycles. The molecule has 2 rings (SSSR count). The molecule has 2 aromatic rings. The number of benzene rings is 1. The predicted octanol–water partition coefficient (Wildman–Crippen LogP) is 2.42. The summed E-state index contributed by atoms with van der Waals surface area (Å²) in [7, 11) is 0. The van der Waals surface area contributed by atoms with Gasteiger partial charge in [0.25, 0.3) is 11.6 Å². The Balaban J connectivity index is 1.86. The molecule has 2 N–H and O–H groups in total. The molecule has 0 atom stereocenters. The van der Waals surface area contributed by atoms with Crippen molar-refractivity contribution >= 4 is 17.4 Å². The van der Waals surface area contributed by atoms with Crippen LogP contribution in [0.25, 0.3) is 0 Å². The first-order valence-corrected chi connectivity index (χ1v) is 6.96. The summed E-state index contributed by atoms with van der Waals surface area (Å²) in [6.45, 7) is 2.10. The normalized spacial score (nSPS) is 10.3. The van der Waals surface area contributed by atoms with Crippen LogP contribution in [-0.2, 0) is 0 Å². The number of pyridine rings is 1. The number of carbonyl (C=O) groups excluding carboxylic acids is 1. The highest BCUT2D eigenvalue weighted by molar-refractivity contribution is 5.94. The van der Waals surface area contributed by atoms with E-state index in [-0.39, 0.29) is 24.3 Å². The van der Waals surface area contributed by atoms with Gasteiger partial charge in [-0.1, -0.05) is 0 Å². The number of anilines is 1. The highest BCUT2D eigenvalue weighted by Gasteiger charge is 2.12. The fraction of sp³-hybridized carbons (Fsp3) is 0.200. The van der Waals surface area contributed by atoms with Gasteiger partial charge < -0.3 is 10.6 Å². The van der Waals surface area contributed by atoms with Crippen molar-refractivity contribution in [2.24, 2.45) is 0 Å². The molecule has 126 valence electrons. The van der Waals surface area contributed by atoms with E-state index in [1.54, 1.807) is 6.92 Å². The first-order chi connectivity index (χ1) is 11.4. The van der Waals surface area contributed by atoms with Crippen LogP contribution in [0.1, 0.15) is 15.9 Å². The summed E-state index contributed by atoms with van der Waals surface area (Å²) in [5.74, 6) is -1.91. The van der Waals surface area contributed by atoms with E-state index >= 15 is 0 Å². The summed E-state index contributed by atoms with van der Waals surface area (Å²) >= 11 is 0. The monoisotopic (exact) mass is 336 g/mol. The van der Waals surface area contributed by atoms with Crippen LogP contribution in [0.3, 0.4) is 0 Å². The van der Waals surface area contributed by atoms with Gasteiger partial charge in [0, 0.05) is 25.2 Å². The molecule has 0 fully saturated rings. The van der Waals surface area contributed by atoms with Crippen LogP contribution in [-0.4, -0.2) is 28.9 Å². The predicted molar refractivity (Wildman–Crippen MR) is 82.8 cm³/mol. The zero-order valence-corrected chi connectivity index (χ0v) is 12.7.